The fourth-order valence-corrected chi connectivity index (χ4v) is 0.457. The minimum Gasteiger partial charge on any atom is -0.460 e. The second-order valence-corrected chi connectivity index (χ2v) is 2.43. The molecule has 0 saturated heterocycles. The van der Waals surface area contributed by atoms with Crippen LogP contribution < -0.4 is 0 Å². The van der Waals surface area contributed by atoms with E-state index in [1.54, 1.807) is 13.8 Å². The summed E-state index contributed by atoms with van der Waals surface area (Å²) in [6, 6.07) is 0. The molecule has 0 aliphatic carbocycles. The molecule has 0 aromatic carbocycles. The first-order valence-electron chi connectivity index (χ1n) is 3.41. The molecular weight excluding hydrogens is 144 g/mol. The van der Waals surface area contributed by atoms with Crippen LogP contribution in [0.1, 0.15) is 20.8 Å². The Bertz CT molecular complexity index is 180. The summed E-state index contributed by atoms with van der Waals surface area (Å²) in [5.41, 5.74) is 0. The number of hydrogen-bond acceptors (Lipinski definition) is 3. The van der Waals surface area contributed by atoms with Gasteiger partial charge in [-0.05, 0) is 26.8 Å². The minimum atomic E-state index is -0.477. The lowest BCUT2D eigenvalue weighted by atomic mass is 10.4. The highest BCUT2D eigenvalue weighted by Crippen LogP contribution is 1.89. The third kappa shape index (κ3) is 6.77. The van der Waals surface area contributed by atoms with Gasteiger partial charge in [0, 0.05) is 6.08 Å². The van der Waals surface area contributed by atoms with E-state index in [4.69, 9.17) is 4.74 Å². The molecule has 0 aromatic rings. The predicted molar refractivity (Wildman–Crippen MR) is 41.0 cm³/mol. The van der Waals surface area contributed by atoms with Crippen molar-refractivity contribution in [2.45, 2.75) is 26.9 Å². The van der Waals surface area contributed by atoms with Gasteiger partial charge >= 0.3 is 5.97 Å². The third-order valence-corrected chi connectivity index (χ3v) is 0.806. The van der Waals surface area contributed by atoms with Crippen LogP contribution in [0.4, 0.5) is 0 Å². The van der Waals surface area contributed by atoms with Gasteiger partial charge in [-0.3, -0.25) is 4.79 Å². The molecule has 0 aliphatic rings. The molecule has 0 aromatic heterocycles. The predicted octanol–water partition coefficient (Wildman–Crippen LogP) is 1.08. The SMILES string of the molecule is CC(=O)/C=C/C(=O)OC(C)C. The van der Waals surface area contributed by atoms with E-state index >= 15 is 0 Å². The average molecular weight is 156 g/mol. The lowest BCUT2D eigenvalue weighted by molar-refractivity contribution is -0.141. The Hall–Kier alpha value is -1.12. The van der Waals surface area contributed by atoms with Gasteiger partial charge in [0.2, 0.25) is 0 Å². The quantitative estimate of drug-likeness (QED) is 0.453. The highest BCUT2D eigenvalue weighted by atomic mass is 16.5. The summed E-state index contributed by atoms with van der Waals surface area (Å²) in [7, 11) is 0. The fraction of sp³-hybridized carbons (Fsp3) is 0.500. The van der Waals surface area contributed by atoms with Crippen molar-refractivity contribution in [3.8, 4) is 0 Å². The number of allylic oxidation sites excluding steroid dienone is 1. The molecule has 0 rings (SSSR count). The van der Waals surface area contributed by atoms with Gasteiger partial charge in [-0.15, -0.1) is 0 Å². The van der Waals surface area contributed by atoms with E-state index in [2.05, 4.69) is 0 Å². The van der Waals surface area contributed by atoms with Crippen LogP contribution in [-0.2, 0) is 14.3 Å². The van der Waals surface area contributed by atoms with Gasteiger partial charge in [-0.1, -0.05) is 0 Å². The zero-order chi connectivity index (χ0) is 8.85. The van der Waals surface area contributed by atoms with E-state index < -0.39 is 5.97 Å². The van der Waals surface area contributed by atoms with Crippen molar-refractivity contribution in [2.24, 2.45) is 0 Å². The van der Waals surface area contributed by atoms with E-state index in [1.807, 2.05) is 0 Å². The molecule has 0 saturated carbocycles. The third-order valence-electron chi connectivity index (χ3n) is 0.806. The van der Waals surface area contributed by atoms with E-state index in [0.29, 0.717) is 0 Å². The molecular formula is C8H12O3. The molecule has 0 amide bonds. The van der Waals surface area contributed by atoms with Gasteiger partial charge in [-0.25, -0.2) is 4.79 Å². The Balaban J connectivity index is 3.78. The maximum atomic E-state index is 10.7. The molecule has 0 fully saturated rings. The maximum Gasteiger partial charge on any atom is 0.331 e. The van der Waals surface area contributed by atoms with Crippen LogP contribution >= 0.6 is 0 Å². The second kappa shape index (κ2) is 4.66. The van der Waals surface area contributed by atoms with Crippen LogP contribution in [0.25, 0.3) is 0 Å². The van der Waals surface area contributed by atoms with E-state index in [9.17, 15) is 9.59 Å². The summed E-state index contributed by atoms with van der Waals surface area (Å²) >= 11 is 0. The lowest BCUT2D eigenvalue weighted by Gasteiger charge is -2.03. The number of hydrogen-bond donors (Lipinski definition) is 0. The topological polar surface area (TPSA) is 43.4 Å². The molecule has 0 spiro atoms. The molecule has 62 valence electrons. The van der Waals surface area contributed by atoms with Crippen LogP contribution in [0, 0.1) is 0 Å². The van der Waals surface area contributed by atoms with Gasteiger partial charge in [0.1, 0.15) is 0 Å². The molecule has 0 unspecified atom stereocenters. The Kier molecular flexibility index (Phi) is 4.18. The van der Waals surface area contributed by atoms with Crippen molar-refractivity contribution in [3.05, 3.63) is 12.2 Å². The highest BCUT2D eigenvalue weighted by molar-refractivity contribution is 5.94. The zero-order valence-corrected chi connectivity index (χ0v) is 6.96. The monoisotopic (exact) mass is 156 g/mol. The molecule has 0 bridgehead atoms. The maximum absolute atomic E-state index is 10.7. The molecule has 3 nitrogen and oxygen atoms in total. The number of ketones is 1. The second-order valence-electron chi connectivity index (χ2n) is 2.43. The number of rotatable bonds is 3. The highest BCUT2D eigenvalue weighted by Gasteiger charge is 1.99. The number of carbonyl (C=O) groups excluding carboxylic acids is 2. The molecule has 11 heavy (non-hydrogen) atoms. The van der Waals surface area contributed by atoms with Crippen LogP contribution in [0.5, 0.6) is 0 Å². The first-order valence-corrected chi connectivity index (χ1v) is 3.41. The Morgan fingerprint density at radius 3 is 2.18 bits per heavy atom. The van der Waals surface area contributed by atoms with Gasteiger partial charge in [-0.2, -0.15) is 0 Å². The van der Waals surface area contributed by atoms with Gasteiger partial charge < -0.3 is 4.74 Å². The average Bonchev–Trinajstić information content (AvgIpc) is 1.82. The Morgan fingerprint density at radius 1 is 1.27 bits per heavy atom. The molecule has 0 aliphatic heterocycles. The number of ether oxygens (including phenoxy) is 1. The first-order chi connectivity index (χ1) is 5.02. The van der Waals surface area contributed by atoms with Gasteiger partial charge in [0.25, 0.3) is 0 Å². The fourth-order valence-electron chi connectivity index (χ4n) is 0.457. The van der Waals surface area contributed by atoms with Crippen molar-refractivity contribution in [1.29, 1.82) is 0 Å². The lowest BCUT2D eigenvalue weighted by Crippen LogP contribution is -2.08. The molecule has 0 radical (unpaired) electrons. The van der Waals surface area contributed by atoms with Crippen LogP contribution in [0.2, 0.25) is 0 Å². The van der Waals surface area contributed by atoms with Crippen molar-refractivity contribution < 1.29 is 14.3 Å². The van der Waals surface area contributed by atoms with Crippen LogP contribution in [0.15, 0.2) is 12.2 Å². The summed E-state index contributed by atoms with van der Waals surface area (Å²) in [6.45, 7) is 4.87. The summed E-state index contributed by atoms with van der Waals surface area (Å²) in [4.78, 5) is 21.0. The van der Waals surface area contributed by atoms with Crippen molar-refractivity contribution in [1.82, 2.24) is 0 Å². The molecule has 3 heteroatoms. The van der Waals surface area contributed by atoms with E-state index in [1.165, 1.54) is 13.0 Å². The van der Waals surface area contributed by atoms with Crippen molar-refractivity contribution in [3.63, 3.8) is 0 Å². The summed E-state index contributed by atoms with van der Waals surface area (Å²) in [5.74, 6) is -0.638. The molecule has 0 N–H and O–H groups in total. The van der Waals surface area contributed by atoms with E-state index in [-0.39, 0.29) is 11.9 Å². The van der Waals surface area contributed by atoms with Crippen LogP contribution in [0.3, 0.4) is 0 Å². The Labute approximate surface area is 66.0 Å². The number of carbonyl (C=O) groups is 2. The first kappa shape index (κ1) is 9.88. The normalized spacial score (nSPS) is 10.5. The Morgan fingerprint density at radius 2 is 1.82 bits per heavy atom. The summed E-state index contributed by atoms with van der Waals surface area (Å²) in [5, 5.41) is 0. The van der Waals surface area contributed by atoms with E-state index in [0.717, 1.165) is 6.08 Å². The largest absolute Gasteiger partial charge is 0.460 e. The minimum absolute atomic E-state index is 0.140. The number of esters is 1. The van der Waals surface area contributed by atoms with Gasteiger partial charge in [0.15, 0.2) is 5.78 Å². The van der Waals surface area contributed by atoms with Gasteiger partial charge in [0.05, 0.1) is 6.10 Å². The smallest absolute Gasteiger partial charge is 0.331 e. The standard InChI is InChI=1S/C8H12O3/c1-6(2)11-8(10)5-4-7(3)9/h4-6H,1-3H3/b5-4+. The zero-order valence-electron chi connectivity index (χ0n) is 6.96. The summed E-state index contributed by atoms with van der Waals surface area (Å²) < 4.78 is 4.72. The van der Waals surface area contributed by atoms with Crippen molar-refractivity contribution >= 4 is 11.8 Å². The molecule has 0 atom stereocenters. The summed E-state index contributed by atoms with van der Waals surface area (Å²) in [6.07, 6.45) is 2.17. The van der Waals surface area contributed by atoms with Crippen LogP contribution in [-0.4, -0.2) is 17.9 Å². The molecule has 0 heterocycles. The van der Waals surface area contributed by atoms with Crippen molar-refractivity contribution in [2.75, 3.05) is 0 Å².